The molecule has 15 heavy (non-hydrogen) atoms. The number of rotatable bonds is 2. The van der Waals surface area contributed by atoms with E-state index in [0.29, 0.717) is 12.8 Å². The van der Waals surface area contributed by atoms with E-state index in [9.17, 15) is 13.2 Å². The molecule has 1 fully saturated rings. The molecular weight excluding hydrogens is 233 g/mol. The zero-order valence-corrected chi connectivity index (χ0v) is 8.53. The number of hydrazine groups is 1. The third-order valence-corrected chi connectivity index (χ3v) is 2.01. The maximum atomic E-state index is 12.4. The Kier molecular flexibility index (Phi) is 5.02. The van der Waals surface area contributed by atoms with Gasteiger partial charge in [-0.1, -0.05) is 0 Å². The zero-order chi connectivity index (χ0) is 10.8. The fourth-order valence-electron chi connectivity index (χ4n) is 1.12. The van der Waals surface area contributed by atoms with Gasteiger partial charge in [-0.2, -0.15) is 13.2 Å². The Bertz CT molecular complexity index is 249. The fraction of sp³-hybridized carbons (Fsp3) is 0.714. The van der Waals surface area contributed by atoms with Crippen molar-refractivity contribution in [3.8, 4) is 0 Å². The van der Waals surface area contributed by atoms with Gasteiger partial charge in [0.1, 0.15) is 0 Å². The third kappa shape index (κ3) is 4.48. The second-order valence-electron chi connectivity index (χ2n) is 3.18. The van der Waals surface area contributed by atoms with E-state index < -0.39 is 18.1 Å². The first kappa shape index (κ1) is 14.2. The van der Waals surface area contributed by atoms with Crippen molar-refractivity contribution in [2.24, 2.45) is 22.7 Å². The molecule has 0 aromatic heterocycles. The number of hydrogen-bond acceptors (Lipinski definition) is 2. The van der Waals surface area contributed by atoms with Gasteiger partial charge < -0.3 is 0 Å². The van der Waals surface area contributed by atoms with Crippen molar-refractivity contribution < 1.29 is 13.2 Å². The summed E-state index contributed by atoms with van der Waals surface area (Å²) in [5.74, 6) is 2.40. The van der Waals surface area contributed by atoms with Gasteiger partial charge in [0.15, 0.2) is 0 Å². The van der Waals surface area contributed by atoms with Crippen LogP contribution in [0.1, 0.15) is 12.8 Å². The van der Waals surface area contributed by atoms with E-state index in [4.69, 9.17) is 11.3 Å². The molecule has 1 aliphatic carbocycles. The van der Waals surface area contributed by atoms with Crippen LogP contribution in [-0.2, 0) is 0 Å². The van der Waals surface area contributed by atoms with Crippen LogP contribution in [-0.4, -0.2) is 18.4 Å². The molecule has 4 nitrogen and oxygen atoms in total. The van der Waals surface area contributed by atoms with Gasteiger partial charge in [0, 0.05) is 6.21 Å². The Morgan fingerprint density at radius 1 is 1.53 bits per heavy atom. The van der Waals surface area contributed by atoms with Crippen molar-refractivity contribution in [1.82, 2.24) is 5.43 Å². The number of guanidine groups is 1. The highest BCUT2D eigenvalue weighted by atomic mass is 35.5. The number of halogens is 4. The van der Waals surface area contributed by atoms with Crippen molar-refractivity contribution >= 4 is 24.6 Å². The lowest BCUT2D eigenvalue weighted by Gasteiger charge is -2.14. The van der Waals surface area contributed by atoms with Crippen molar-refractivity contribution in [1.29, 1.82) is 5.41 Å². The minimum Gasteiger partial charge on any atom is -0.293 e. The normalized spacial score (nSPS) is 18.4. The van der Waals surface area contributed by atoms with Crippen molar-refractivity contribution in [3.63, 3.8) is 0 Å². The first-order valence-electron chi connectivity index (χ1n) is 4.11. The Labute approximate surface area is 91.0 Å². The lowest BCUT2D eigenvalue weighted by molar-refractivity contribution is -0.158. The van der Waals surface area contributed by atoms with Crippen molar-refractivity contribution in [2.45, 2.75) is 19.0 Å². The quantitative estimate of drug-likeness (QED) is 0.298. The Hall–Kier alpha value is -0.820. The predicted molar refractivity (Wildman–Crippen MR) is 53.1 cm³/mol. The molecule has 0 aromatic rings. The summed E-state index contributed by atoms with van der Waals surface area (Å²) in [4.78, 5) is 3.27. The molecule has 4 N–H and O–H groups in total. The summed E-state index contributed by atoms with van der Waals surface area (Å²) in [6.07, 6.45) is -2.39. The van der Waals surface area contributed by atoms with Crippen LogP contribution in [0.25, 0.3) is 0 Å². The van der Waals surface area contributed by atoms with E-state index in [2.05, 4.69) is 4.99 Å². The monoisotopic (exact) mass is 244 g/mol. The fourth-order valence-corrected chi connectivity index (χ4v) is 1.12. The Morgan fingerprint density at radius 2 is 2.07 bits per heavy atom. The number of aliphatic imine (C=N–C) groups is 1. The molecule has 0 saturated heterocycles. The highest BCUT2D eigenvalue weighted by Crippen LogP contribution is 2.44. The second kappa shape index (κ2) is 5.32. The number of alkyl halides is 3. The number of nitrogens with zero attached hydrogens (tertiary/aromatic N) is 1. The lowest BCUT2D eigenvalue weighted by atomic mass is 10.1. The smallest absolute Gasteiger partial charge is 0.293 e. The summed E-state index contributed by atoms with van der Waals surface area (Å²) in [6, 6.07) is 0. The van der Waals surface area contributed by atoms with E-state index in [1.807, 2.05) is 5.43 Å². The van der Waals surface area contributed by atoms with Crippen LogP contribution < -0.4 is 11.3 Å². The van der Waals surface area contributed by atoms with E-state index in [-0.39, 0.29) is 18.3 Å². The lowest BCUT2D eigenvalue weighted by Crippen LogP contribution is -2.30. The standard InChI is InChI=1S/C7H11F3N4.ClH/c8-7(9,10)5(4-1-2-4)3-13-6(11)14-12;/h3-5H,1-2,12H2,(H2,11,14);1H. The van der Waals surface area contributed by atoms with Gasteiger partial charge in [-0.3, -0.25) is 10.8 Å². The molecule has 0 spiro atoms. The molecule has 1 rings (SSSR count). The van der Waals surface area contributed by atoms with Crippen LogP contribution in [0.2, 0.25) is 0 Å². The number of nitrogens with two attached hydrogens (primary N) is 1. The van der Waals surface area contributed by atoms with Gasteiger partial charge in [-0.15, -0.1) is 12.4 Å². The van der Waals surface area contributed by atoms with E-state index in [1.165, 1.54) is 0 Å². The van der Waals surface area contributed by atoms with Gasteiger partial charge in [0.05, 0.1) is 5.92 Å². The minimum absolute atomic E-state index is 0. The first-order valence-corrected chi connectivity index (χ1v) is 4.11. The molecule has 0 bridgehead atoms. The molecule has 1 aliphatic rings. The van der Waals surface area contributed by atoms with Gasteiger partial charge in [-0.05, 0) is 18.8 Å². The van der Waals surface area contributed by atoms with Crippen LogP contribution >= 0.6 is 12.4 Å². The van der Waals surface area contributed by atoms with Crippen LogP contribution in [0.3, 0.4) is 0 Å². The van der Waals surface area contributed by atoms with E-state index in [1.54, 1.807) is 0 Å². The SMILES string of the molecule is Cl.N=C(N=CC(C1CC1)C(F)(F)F)NN. The molecule has 0 radical (unpaired) electrons. The highest BCUT2D eigenvalue weighted by molar-refractivity contribution is 5.86. The van der Waals surface area contributed by atoms with E-state index >= 15 is 0 Å². The molecule has 0 heterocycles. The largest absolute Gasteiger partial charge is 0.396 e. The molecule has 1 saturated carbocycles. The first-order chi connectivity index (χ1) is 6.45. The van der Waals surface area contributed by atoms with Crippen LogP contribution in [0.15, 0.2) is 4.99 Å². The summed E-state index contributed by atoms with van der Waals surface area (Å²) >= 11 is 0. The van der Waals surface area contributed by atoms with Gasteiger partial charge >= 0.3 is 6.18 Å². The van der Waals surface area contributed by atoms with E-state index in [0.717, 1.165) is 6.21 Å². The maximum absolute atomic E-state index is 12.4. The van der Waals surface area contributed by atoms with Crippen LogP contribution in [0, 0.1) is 17.2 Å². The molecule has 8 heteroatoms. The highest BCUT2D eigenvalue weighted by Gasteiger charge is 2.47. The predicted octanol–water partition coefficient (Wildman–Crippen LogP) is 1.47. The van der Waals surface area contributed by atoms with Crippen molar-refractivity contribution in [3.05, 3.63) is 0 Å². The van der Waals surface area contributed by atoms with Gasteiger partial charge in [0.25, 0.3) is 0 Å². The average Bonchev–Trinajstić information content (AvgIpc) is 2.85. The summed E-state index contributed by atoms with van der Waals surface area (Å²) < 4.78 is 37.1. The number of nitrogens with one attached hydrogen (secondary N) is 2. The Morgan fingerprint density at radius 3 is 2.40 bits per heavy atom. The van der Waals surface area contributed by atoms with Crippen LogP contribution in [0.4, 0.5) is 13.2 Å². The maximum Gasteiger partial charge on any atom is 0.396 e. The van der Waals surface area contributed by atoms with Crippen molar-refractivity contribution in [2.75, 3.05) is 0 Å². The molecule has 0 aliphatic heterocycles. The van der Waals surface area contributed by atoms with Gasteiger partial charge in [0.2, 0.25) is 5.96 Å². The third-order valence-electron chi connectivity index (χ3n) is 2.01. The molecule has 0 amide bonds. The average molecular weight is 245 g/mol. The second-order valence-corrected chi connectivity index (χ2v) is 3.18. The summed E-state index contributed by atoms with van der Waals surface area (Å²) in [5, 5.41) is 6.90. The molecule has 0 aromatic carbocycles. The number of hydrogen-bond donors (Lipinski definition) is 3. The molecule has 1 atom stereocenters. The minimum atomic E-state index is -4.28. The molecule has 88 valence electrons. The summed E-state index contributed by atoms with van der Waals surface area (Å²) in [5.41, 5.74) is 1.85. The van der Waals surface area contributed by atoms with Crippen LogP contribution in [0.5, 0.6) is 0 Å². The zero-order valence-electron chi connectivity index (χ0n) is 7.71. The van der Waals surface area contributed by atoms with Gasteiger partial charge in [-0.25, -0.2) is 10.8 Å². The Balaban J connectivity index is 0.00000196. The topological polar surface area (TPSA) is 74.3 Å². The molecular formula is C7H12ClF3N4. The summed E-state index contributed by atoms with van der Waals surface area (Å²) in [7, 11) is 0. The summed E-state index contributed by atoms with van der Waals surface area (Å²) in [6.45, 7) is 0. The molecule has 1 unspecified atom stereocenters.